The fraction of sp³-hybridized carbons (Fsp3) is 0.887. The van der Waals surface area contributed by atoms with Gasteiger partial charge in [-0.05, 0) is 60.8 Å². The van der Waals surface area contributed by atoms with Crippen LogP contribution in [0.4, 0.5) is 0 Å². The molecule has 0 aromatic carbocycles. The lowest BCUT2D eigenvalue weighted by molar-refractivity contribution is -0.160. The molecule has 14 heteroatoms. The molecule has 0 aromatic heterocycles. The van der Waals surface area contributed by atoms with E-state index < -0.39 is 59.7 Å². The normalized spacial score (nSPS) is 13.0. The monoisotopic (exact) mass is 970 g/mol. The Morgan fingerprint density at radius 3 is 1.37 bits per heavy atom. The van der Waals surface area contributed by atoms with Crippen molar-refractivity contribution in [3.63, 3.8) is 0 Å². The number of hydrogen-bond acceptors (Lipinski definition) is 12. The van der Waals surface area contributed by atoms with Crippen molar-refractivity contribution in [2.75, 3.05) is 24.7 Å². The molecular weight excluding hydrogens is 871 g/mol. The van der Waals surface area contributed by atoms with E-state index in [0.717, 1.165) is 38.5 Å². The zero-order valence-electron chi connectivity index (χ0n) is 43.8. The second-order valence-corrected chi connectivity index (χ2v) is 21.5. The Balaban J connectivity index is 4.97. The van der Waals surface area contributed by atoms with Crippen LogP contribution >= 0.6 is 11.8 Å². The summed E-state index contributed by atoms with van der Waals surface area (Å²) in [6.45, 7) is 14.2. The van der Waals surface area contributed by atoms with Gasteiger partial charge in [0.15, 0.2) is 0 Å². The number of ether oxygens (including phenoxy) is 4. The number of nitrogens with one attached hydrogen (secondary N) is 2. The van der Waals surface area contributed by atoms with Gasteiger partial charge in [0.25, 0.3) is 0 Å². The minimum atomic E-state index is -1.15. The van der Waals surface area contributed by atoms with Gasteiger partial charge in [0, 0.05) is 30.8 Å². The number of esters is 4. The van der Waals surface area contributed by atoms with Crippen molar-refractivity contribution >= 4 is 47.5 Å². The smallest absolute Gasteiger partial charge is 0.329 e. The van der Waals surface area contributed by atoms with Gasteiger partial charge in [-0.15, -0.1) is 0 Å². The van der Waals surface area contributed by atoms with E-state index >= 15 is 0 Å². The van der Waals surface area contributed by atoms with Crippen molar-refractivity contribution < 1.29 is 47.7 Å². The number of nitrogens with two attached hydrogens (primary N) is 1. The fourth-order valence-corrected chi connectivity index (χ4v) is 8.38. The molecule has 0 fully saturated rings. The number of unbranched alkanes of at least 4 members (excludes halogenated alkanes) is 24. The van der Waals surface area contributed by atoms with Crippen molar-refractivity contribution in [3.05, 3.63) is 0 Å². The third-order valence-electron chi connectivity index (χ3n) is 11.1. The third kappa shape index (κ3) is 42.9. The van der Waals surface area contributed by atoms with E-state index in [2.05, 4.69) is 24.5 Å². The van der Waals surface area contributed by atoms with Crippen LogP contribution < -0.4 is 16.4 Å². The van der Waals surface area contributed by atoms with Crippen molar-refractivity contribution in [3.8, 4) is 0 Å². The van der Waals surface area contributed by atoms with Crippen LogP contribution in [0.15, 0.2) is 0 Å². The number of carbonyl (C=O) groups is 6. The Morgan fingerprint density at radius 1 is 0.522 bits per heavy atom. The van der Waals surface area contributed by atoms with E-state index in [4.69, 9.17) is 24.7 Å². The molecule has 392 valence electrons. The summed E-state index contributed by atoms with van der Waals surface area (Å²) in [4.78, 5) is 76.6. The molecular formula is C53H99N3O10S. The Morgan fingerprint density at radius 2 is 0.940 bits per heavy atom. The van der Waals surface area contributed by atoms with Crippen LogP contribution in [-0.4, -0.2) is 89.7 Å². The summed E-state index contributed by atoms with van der Waals surface area (Å²) >= 11 is 1.28. The van der Waals surface area contributed by atoms with Crippen LogP contribution in [0.1, 0.15) is 248 Å². The molecule has 2 amide bonds. The fourth-order valence-electron chi connectivity index (χ4n) is 7.42. The van der Waals surface area contributed by atoms with E-state index in [9.17, 15) is 28.8 Å². The molecule has 0 aliphatic carbocycles. The van der Waals surface area contributed by atoms with Gasteiger partial charge in [-0.3, -0.25) is 24.0 Å². The highest BCUT2D eigenvalue weighted by Crippen LogP contribution is 2.18. The zero-order valence-corrected chi connectivity index (χ0v) is 44.7. The lowest BCUT2D eigenvalue weighted by atomic mass is 10.0. The first-order chi connectivity index (χ1) is 31.9. The van der Waals surface area contributed by atoms with Gasteiger partial charge in [-0.1, -0.05) is 168 Å². The molecule has 0 aliphatic heterocycles. The molecule has 0 saturated carbocycles. The second-order valence-electron chi connectivity index (χ2n) is 20.4. The van der Waals surface area contributed by atoms with Gasteiger partial charge in [-0.2, -0.15) is 11.8 Å². The molecule has 0 bridgehead atoms. The molecule has 0 spiro atoms. The number of amides is 2. The third-order valence-corrected chi connectivity index (χ3v) is 12.3. The van der Waals surface area contributed by atoms with Crippen molar-refractivity contribution in [2.24, 2.45) is 5.73 Å². The molecule has 0 radical (unpaired) electrons. The standard InChI is InChI=1S/C53H99N3O10S/c1-9-11-13-15-17-19-21-23-25-27-29-31-33-35-47(58)63-40-43(64-48(59)36-34-32-30-28-26-24-22-20-18-16-14-12-10-2)41-67-42-44(54)50(61)55-39-46(57)56-45(51(62)66-53(6,7)8)37-38-49(60)65-52(3,4)5/h43-45H,9-42,54H2,1-8H3,(H,55,61)(H,56,57)/t43-,44+,45+/m1/s1. The number of rotatable bonds is 43. The van der Waals surface area contributed by atoms with Crippen LogP contribution in [0.5, 0.6) is 0 Å². The van der Waals surface area contributed by atoms with E-state index in [1.165, 1.54) is 140 Å². The molecule has 0 rings (SSSR count). The van der Waals surface area contributed by atoms with E-state index in [1.807, 2.05) is 0 Å². The highest BCUT2D eigenvalue weighted by atomic mass is 32.2. The van der Waals surface area contributed by atoms with E-state index in [-0.39, 0.29) is 49.3 Å². The van der Waals surface area contributed by atoms with Crippen LogP contribution in [0.2, 0.25) is 0 Å². The summed E-state index contributed by atoms with van der Waals surface area (Å²) in [6, 6.07) is -2.15. The second kappa shape index (κ2) is 41.0. The highest BCUT2D eigenvalue weighted by Gasteiger charge is 2.29. The maximum atomic E-state index is 12.9. The molecule has 4 N–H and O–H groups in total. The van der Waals surface area contributed by atoms with Crippen molar-refractivity contribution in [2.45, 2.75) is 277 Å². The van der Waals surface area contributed by atoms with Crippen LogP contribution in [0.25, 0.3) is 0 Å². The average Bonchev–Trinajstić information content (AvgIpc) is 3.25. The largest absolute Gasteiger partial charge is 0.462 e. The minimum Gasteiger partial charge on any atom is -0.462 e. The topological polar surface area (TPSA) is 189 Å². The maximum Gasteiger partial charge on any atom is 0.329 e. The highest BCUT2D eigenvalue weighted by molar-refractivity contribution is 7.99. The Hall–Kier alpha value is -2.87. The van der Waals surface area contributed by atoms with E-state index in [0.29, 0.717) is 6.42 Å². The first kappa shape index (κ1) is 64.1. The predicted molar refractivity (Wildman–Crippen MR) is 273 cm³/mol. The van der Waals surface area contributed by atoms with Crippen LogP contribution in [0, 0.1) is 0 Å². The zero-order chi connectivity index (χ0) is 50.2. The molecule has 0 heterocycles. The summed E-state index contributed by atoms with van der Waals surface area (Å²) in [5, 5.41) is 5.06. The van der Waals surface area contributed by atoms with Gasteiger partial charge in [0.2, 0.25) is 11.8 Å². The summed E-state index contributed by atoms with van der Waals surface area (Å²) in [6.07, 6.45) is 31.2. The predicted octanol–water partition coefficient (Wildman–Crippen LogP) is 11.5. The van der Waals surface area contributed by atoms with Gasteiger partial charge >= 0.3 is 23.9 Å². The quantitative estimate of drug-likeness (QED) is 0.0298. The van der Waals surface area contributed by atoms with Gasteiger partial charge in [-0.25, -0.2) is 4.79 Å². The molecule has 3 atom stereocenters. The lowest BCUT2D eigenvalue weighted by Crippen LogP contribution is -2.50. The number of carbonyl (C=O) groups excluding carboxylic acids is 6. The van der Waals surface area contributed by atoms with Gasteiger partial charge < -0.3 is 35.3 Å². The number of hydrogen-bond donors (Lipinski definition) is 3. The maximum absolute atomic E-state index is 12.9. The van der Waals surface area contributed by atoms with Crippen molar-refractivity contribution in [1.82, 2.24) is 10.6 Å². The summed E-state index contributed by atoms with van der Waals surface area (Å²) in [5.41, 5.74) is 4.64. The Labute approximate surface area is 412 Å². The van der Waals surface area contributed by atoms with E-state index in [1.54, 1.807) is 41.5 Å². The number of thioether (sulfide) groups is 1. The van der Waals surface area contributed by atoms with Crippen molar-refractivity contribution in [1.29, 1.82) is 0 Å². The first-order valence-electron chi connectivity index (χ1n) is 26.6. The molecule has 0 aliphatic rings. The van der Waals surface area contributed by atoms with Crippen LogP contribution in [-0.2, 0) is 47.7 Å². The molecule has 0 unspecified atom stereocenters. The first-order valence-corrected chi connectivity index (χ1v) is 27.7. The Bertz CT molecular complexity index is 1320. The SMILES string of the molecule is CCCCCCCCCCCCCCCC(=O)OC[C@H](CSC[C@H](N)C(=O)NCC(=O)N[C@@H](CCC(=O)OC(C)(C)C)C(=O)OC(C)(C)C)OC(=O)CCCCCCCCCCCCCCC. The van der Waals surface area contributed by atoms with Gasteiger partial charge in [0.1, 0.15) is 30.0 Å². The lowest BCUT2D eigenvalue weighted by Gasteiger charge is -2.25. The average molecular weight is 970 g/mol. The summed E-state index contributed by atoms with van der Waals surface area (Å²) < 4.78 is 22.2. The molecule has 13 nitrogen and oxygen atoms in total. The molecule has 67 heavy (non-hydrogen) atoms. The van der Waals surface area contributed by atoms with Crippen LogP contribution in [0.3, 0.4) is 0 Å². The molecule has 0 saturated heterocycles. The Kier molecular flexibility index (Phi) is 39.2. The van der Waals surface area contributed by atoms with Gasteiger partial charge in [0.05, 0.1) is 12.6 Å². The minimum absolute atomic E-state index is 0.0560. The summed E-state index contributed by atoms with van der Waals surface area (Å²) in [5.74, 6) is -2.76. The summed E-state index contributed by atoms with van der Waals surface area (Å²) in [7, 11) is 0. The molecule has 0 aromatic rings.